The van der Waals surface area contributed by atoms with Crippen LogP contribution < -0.4 is 5.32 Å². The Morgan fingerprint density at radius 3 is 2.83 bits per heavy atom. The van der Waals surface area contributed by atoms with E-state index in [-0.39, 0.29) is 18.5 Å². The van der Waals surface area contributed by atoms with E-state index in [1.54, 1.807) is 0 Å². The quantitative estimate of drug-likeness (QED) is 0.844. The maximum atomic E-state index is 10.8. The Balaban J connectivity index is 1.98. The van der Waals surface area contributed by atoms with Gasteiger partial charge in [0.05, 0.1) is 6.42 Å². The highest BCUT2D eigenvalue weighted by molar-refractivity contribution is 5.67. The monoisotopic (exact) mass is 248 g/mol. The smallest absolute Gasteiger partial charge is 0.304 e. The highest BCUT2D eigenvalue weighted by Crippen LogP contribution is 2.15. The van der Waals surface area contributed by atoms with E-state index in [0.717, 1.165) is 19.6 Å². The van der Waals surface area contributed by atoms with Crippen LogP contribution in [0.5, 0.6) is 0 Å². The van der Waals surface area contributed by atoms with Crippen LogP contribution >= 0.6 is 0 Å². The minimum atomic E-state index is -0.735. The minimum Gasteiger partial charge on any atom is -0.481 e. The molecular weight excluding hydrogens is 228 g/mol. The summed E-state index contributed by atoms with van der Waals surface area (Å²) in [5.41, 5.74) is 1.28. The minimum absolute atomic E-state index is 0.0416. The summed E-state index contributed by atoms with van der Waals surface area (Å²) in [4.78, 5) is 13.2. The van der Waals surface area contributed by atoms with E-state index in [1.165, 1.54) is 5.56 Å². The number of benzene rings is 1. The van der Waals surface area contributed by atoms with Crippen LogP contribution in [-0.2, 0) is 11.3 Å². The van der Waals surface area contributed by atoms with E-state index in [9.17, 15) is 4.79 Å². The van der Waals surface area contributed by atoms with Crippen molar-refractivity contribution in [3.63, 3.8) is 0 Å². The summed E-state index contributed by atoms with van der Waals surface area (Å²) in [5, 5.41) is 12.2. The molecule has 2 N–H and O–H groups in total. The van der Waals surface area contributed by atoms with E-state index in [0.29, 0.717) is 0 Å². The Morgan fingerprint density at radius 1 is 1.44 bits per heavy atom. The number of carboxylic acids is 1. The molecule has 0 amide bonds. The van der Waals surface area contributed by atoms with Crippen LogP contribution in [0.2, 0.25) is 0 Å². The molecule has 0 bridgehead atoms. The van der Waals surface area contributed by atoms with Crippen molar-refractivity contribution in [1.29, 1.82) is 0 Å². The van der Waals surface area contributed by atoms with E-state index < -0.39 is 5.97 Å². The molecule has 0 radical (unpaired) electrons. The second-order valence-corrected chi connectivity index (χ2v) is 4.86. The highest BCUT2D eigenvalue weighted by atomic mass is 16.4. The Bertz CT molecular complexity index is 394. The van der Waals surface area contributed by atoms with Crippen LogP contribution in [0.4, 0.5) is 0 Å². The number of hydrogen-bond acceptors (Lipinski definition) is 3. The fourth-order valence-electron chi connectivity index (χ4n) is 2.49. The van der Waals surface area contributed by atoms with Crippen molar-refractivity contribution in [2.45, 2.75) is 32.0 Å². The van der Waals surface area contributed by atoms with Crippen LogP contribution in [0.15, 0.2) is 30.3 Å². The van der Waals surface area contributed by atoms with Gasteiger partial charge >= 0.3 is 5.97 Å². The number of nitrogens with zero attached hydrogens (tertiary/aromatic N) is 1. The molecule has 0 aromatic heterocycles. The second kappa shape index (κ2) is 5.98. The van der Waals surface area contributed by atoms with Gasteiger partial charge in [-0.3, -0.25) is 9.69 Å². The van der Waals surface area contributed by atoms with Gasteiger partial charge in [-0.15, -0.1) is 0 Å². The zero-order valence-electron chi connectivity index (χ0n) is 10.7. The van der Waals surface area contributed by atoms with Crippen molar-refractivity contribution in [2.75, 3.05) is 13.1 Å². The largest absolute Gasteiger partial charge is 0.481 e. The number of carboxylic acid groups (broad SMARTS) is 1. The molecule has 1 aromatic rings. The molecule has 2 rings (SSSR count). The predicted octanol–water partition coefficient (Wildman–Crippen LogP) is 1.32. The summed E-state index contributed by atoms with van der Waals surface area (Å²) >= 11 is 0. The average molecular weight is 248 g/mol. The molecule has 1 aliphatic heterocycles. The molecule has 0 aliphatic carbocycles. The molecule has 4 nitrogen and oxygen atoms in total. The van der Waals surface area contributed by atoms with Gasteiger partial charge in [-0.2, -0.15) is 0 Å². The van der Waals surface area contributed by atoms with E-state index in [2.05, 4.69) is 29.3 Å². The van der Waals surface area contributed by atoms with Gasteiger partial charge in [0.25, 0.3) is 0 Å². The van der Waals surface area contributed by atoms with Gasteiger partial charge in [-0.25, -0.2) is 0 Å². The molecule has 0 saturated carbocycles. The lowest BCUT2D eigenvalue weighted by Crippen LogP contribution is -2.56. The number of aliphatic carboxylic acids is 1. The van der Waals surface area contributed by atoms with Gasteiger partial charge in [-0.05, 0) is 12.5 Å². The summed E-state index contributed by atoms with van der Waals surface area (Å²) < 4.78 is 0. The first-order valence-corrected chi connectivity index (χ1v) is 6.40. The molecule has 98 valence electrons. The zero-order valence-corrected chi connectivity index (χ0v) is 10.7. The number of piperazine rings is 1. The van der Waals surface area contributed by atoms with E-state index in [4.69, 9.17) is 5.11 Å². The summed E-state index contributed by atoms with van der Waals surface area (Å²) in [6.07, 6.45) is 0.187. The molecule has 0 spiro atoms. The molecule has 18 heavy (non-hydrogen) atoms. The molecule has 4 heteroatoms. The zero-order chi connectivity index (χ0) is 13.0. The molecule has 2 atom stereocenters. The van der Waals surface area contributed by atoms with Gasteiger partial charge in [0.1, 0.15) is 0 Å². The fourth-order valence-corrected chi connectivity index (χ4v) is 2.49. The fraction of sp³-hybridized carbons (Fsp3) is 0.500. The summed E-state index contributed by atoms with van der Waals surface area (Å²) in [6, 6.07) is 10.6. The standard InChI is InChI=1S/C14H20N2O2/c1-11-13(9-14(17)18)15-7-8-16(11)10-12-5-3-2-4-6-12/h2-6,11,13,15H,7-10H2,1H3,(H,17,18)/t11-,13+/m1/s1. The highest BCUT2D eigenvalue weighted by Gasteiger charge is 2.28. The van der Waals surface area contributed by atoms with Gasteiger partial charge in [0.15, 0.2) is 0 Å². The third-order valence-electron chi connectivity index (χ3n) is 3.59. The topological polar surface area (TPSA) is 52.6 Å². The van der Waals surface area contributed by atoms with E-state index >= 15 is 0 Å². The van der Waals surface area contributed by atoms with Crippen molar-refractivity contribution in [3.05, 3.63) is 35.9 Å². The third-order valence-corrected chi connectivity index (χ3v) is 3.59. The van der Waals surface area contributed by atoms with Crippen molar-refractivity contribution < 1.29 is 9.90 Å². The SMILES string of the molecule is C[C@@H]1[C@H](CC(=O)O)NCCN1Cc1ccccc1. The summed E-state index contributed by atoms with van der Waals surface area (Å²) in [7, 11) is 0. The lowest BCUT2D eigenvalue weighted by Gasteiger charge is -2.39. The van der Waals surface area contributed by atoms with Crippen molar-refractivity contribution in [3.8, 4) is 0 Å². The Labute approximate surface area is 108 Å². The Morgan fingerprint density at radius 2 is 2.17 bits per heavy atom. The first-order valence-electron chi connectivity index (χ1n) is 6.40. The van der Waals surface area contributed by atoms with Crippen molar-refractivity contribution in [1.82, 2.24) is 10.2 Å². The third kappa shape index (κ3) is 3.31. The lowest BCUT2D eigenvalue weighted by molar-refractivity contribution is -0.138. The van der Waals surface area contributed by atoms with Crippen LogP contribution in [0, 0.1) is 0 Å². The number of rotatable bonds is 4. The van der Waals surface area contributed by atoms with Crippen LogP contribution in [0.25, 0.3) is 0 Å². The van der Waals surface area contributed by atoms with Crippen LogP contribution in [0.3, 0.4) is 0 Å². The lowest BCUT2D eigenvalue weighted by atomic mass is 10.0. The molecule has 1 heterocycles. The second-order valence-electron chi connectivity index (χ2n) is 4.86. The average Bonchev–Trinajstić information content (AvgIpc) is 2.35. The van der Waals surface area contributed by atoms with Crippen LogP contribution in [0.1, 0.15) is 18.9 Å². The van der Waals surface area contributed by atoms with Gasteiger partial charge < -0.3 is 10.4 Å². The number of carbonyl (C=O) groups is 1. The Kier molecular flexibility index (Phi) is 4.33. The van der Waals surface area contributed by atoms with E-state index in [1.807, 2.05) is 18.2 Å². The van der Waals surface area contributed by atoms with Gasteiger partial charge in [0.2, 0.25) is 0 Å². The molecule has 1 aliphatic rings. The first-order chi connectivity index (χ1) is 8.66. The maximum Gasteiger partial charge on any atom is 0.304 e. The van der Waals surface area contributed by atoms with Crippen molar-refractivity contribution in [2.24, 2.45) is 0 Å². The normalized spacial score (nSPS) is 24.9. The van der Waals surface area contributed by atoms with Gasteiger partial charge in [0, 0.05) is 31.7 Å². The molecule has 1 aromatic carbocycles. The molecule has 1 saturated heterocycles. The van der Waals surface area contributed by atoms with Crippen LogP contribution in [-0.4, -0.2) is 41.1 Å². The number of nitrogens with one attached hydrogen (secondary N) is 1. The predicted molar refractivity (Wildman–Crippen MR) is 70.4 cm³/mol. The summed E-state index contributed by atoms with van der Waals surface area (Å²) in [5.74, 6) is -0.735. The van der Waals surface area contributed by atoms with Crippen molar-refractivity contribution >= 4 is 5.97 Å². The molecular formula is C14H20N2O2. The summed E-state index contributed by atoms with van der Waals surface area (Å²) in [6.45, 7) is 4.81. The maximum absolute atomic E-state index is 10.8. The van der Waals surface area contributed by atoms with Gasteiger partial charge in [-0.1, -0.05) is 30.3 Å². The molecule has 1 fully saturated rings. The number of hydrogen-bond donors (Lipinski definition) is 2. The molecule has 0 unspecified atom stereocenters. The Hall–Kier alpha value is -1.39. The first kappa shape index (κ1) is 13.1.